The topological polar surface area (TPSA) is 149 Å². The number of rotatable bonds is 57. The van der Waals surface area contributed by atoms with E-state index in [1.807, 2.05) is 6.08 Å². The van der Waals surface area contributed by atoms with Crippen molar-refractivity contribution in [1.29, 1.82) is 0 Å². The Morgan fingerprint density at radius 3 is 1.20 bits per heavy atom. The van der Waals surface area contributed by atoms with Crippen LogP contribution in [0.2, 0.25) is 0 Å². The maximum atomic E-state index is 13.1. The summed E-state index contributed by atoms with van der Waals surface area (Å²) >= 11 is 0. The lowest BCUT2D eigenvalue weighted by Crippen LogP contribution is -2.60. The number of carbonyl (C=O) groups is 1. The predicted molar refractivity (Wildman–Crippen MR) is 341 cm³/mol. The predicted octanol–water partition coefficient (Wildman–Crippen LogP) is 17.9. The summed E-state index contributed by atoms with van der Waals surface area (Å²) in [5.41, 5.74) is 0. The summed E-state index contributed by atoms with van der Waals surface area (Å²) < 4.78 is 11.3. The number of aliphatic hydroxyl groups is 5. The van der Waals surface area contributed by atoms with Crippen LogP contribution in [-0.2, 0) is 14.3 Å². The molecule has 0 radical (unpaired) electrons. The van der Waals surface area contributed by atoms with Crippen LogP contribution in [0.15, 0.2) is 97.2 Å². The highest BCUT2D eigenvalue weighted by Crippen LogP contribution is 2.23. The third-order valence-corrected chi connectivity index (χ3v) is 15.4. The van der Waals surface area contributed by atoms with Gasteiger partial charge in [-0.25, -0.2) is 0 Å². The molecule has 6 N–H and O–H groups in total. The van der Waals surface area contributed by atoms with E-state index in [0.717, 1.165) is 77.0 Å². The van der Waals surface area contributed by atoms with Gasteiger partial charge in [0.15, 0.2) is 6.29 Å². The Balaban J connectivity index is 2.19. The molecule has 1 saturated heterocycles. The van der Waals surface area contributed by atoms with Crippen molar-refractivity contribution in [2.24, 2.45) is 0 Å². The van der Waals surface area contributed by atoms with Crippen LogP contribution in [0.1, 0.15) is 290 Å². The van der Waals surface area contributed by atoms with E-state index >= 15 is 0 Å². The molecule has 1 rings (SSSR count). The van der Waals surface area contributed by atoms with Gasteiger partial charge in [-0.05, 0) is 83.5 Å². The van der Waals surface area contributed by atoms with E-state index in [1.54, 1.807) is 6.08 Å². The van der Waals surface area contributed by atoms with Crippen molar-refractivity contribution in [3.8, 4) is 0 Å². The minimum absolute atomic E-state index is 0.190. The minimum atomic E-state index is -1.58. The van der Waals surface area contributed by atoms with Gasteiger partial charge in [-0.3, -0.25) is 4.79 Å². The van der Waals surface area contributed by atoms with Crippen molar-refractivity contribution in [2.75, 3.05) is 13.2 Å². The molecule has 1 heterocycles. The fraction of sp³-hybridized carbons (Fsp3) is 0.761. The largest absolute Gasteiger partial charge is 0.394 e. The van der Waals surface area contributed by atoms with Gasteiger partial charge in [0.05, 0.1) is 25.4 Å². The first-order valence-corrected chi connectivity index (χ1v) is 33.5. The minimum Gasteiger partial charge on any atom is -0.394 e. The van der Waals surface area contributed by atoms with Crippen molar-refractivity contribution >= 4 is 5.91 Å². The Morgan fingerprint density at radius 2 is 0.787 bits per heavy atom. The summed E-state index contributed by atoms with van der Waals surface area (Å²) in [6.07, 6.45) is 79.2. The first kappa shape index (κ1) is 75.1. The van der Waals surface area contributed by atoms with Gasteiger partial charge in [-0.15, -0.1) is 0 Å². The first-order valence-electron chi connectivity index (χ1n) is 33.5. The Morgan fingerprint density at radius 1 is 0.438 bits per heavy atom. The van der Waals surface area contributed by atoms with Crippen molar-refractivity contribution in [3.63, 3.8) is 0 Å². The maximum Gasteiger partial charge on any atom is 0.220 e. The van der Waals surface area contributed by atoms with Gasteiger partial charge < -0.3 is 40.3 Å². The lowest BCUT2D eigenvalue weighted by Gasteiger charge is -2.40. The van der Waals surface area contributed by atoms with Crippen LogP contribution in [0.25, 0.3) is 0 Å². The average Bonchev–Trinajstić information content (AvgIpc) is 3.46. The second kappa shape index (κ2) is 59.3. The number of aliphatic hydroxyl groups excluding tert-OH is 5. The van der Waals surface area contributed by atoms with E-state index in [1.165, 1.54) is 193 Å². The molecule has 80 heavy (non-hydrogen) atoms. The van der Waals surface area contributed by atoms with Gasteiger partial charge in [0.2, 0.25) is 5.91 Å². The number of allylic oxidation sites excluding steroid dienone is 15. The lowest BCUT2D eigenvalue weighted by molar-refractivity contribution is -0.302. The molecule has 7 atom stereocenters. The number of unbranched alkanes of at least 4 members (excludes halogenated alkanes) is 33. The van der Waals surface area contributed by atoms with Crippen LogP contribution in [0, 0.1) is 0 Å². The van der Waals surface area contributed by atoms with E-state index in [4.69, 9.17) is 9.47 Å². The molecule has 462 valence electrons. The molecule has 0 aromatic heterocycles. The molecule has 1 aliphatic rings. The summed E-state index contributed by atoms with van der Waals surface area (Å²) in [5.74, 6) is -0.190. The number of hydrogen-bond donors (Lipinski definition) is 6. The number of amides is 1. The van der Waals surface area contributed by atoms with Crippen LogP contribution in [-0.4, -0.2) is 87.5 Å². The van der Waals surface area contributed by atoms with E-state index in [9.17, 15) is 30.3 Å². The van der Waals surface area contributed by atoms with Crippen molar-refractivity contribution in [2.45, 2.75) is 333 Å². The molecule has 0 saturated carbocycles. The summed E-state index contributed by atoms with van der Waals surface area (Å²) in [7, 11) is 0. The zero-order chi connectivity index (χ0) is 57.9. The van der Waals surface area contributed by atoms with E-state index in [0.29, 0.717) is 6.42 Å². The maximum absolute atomic E-state index is 13.1. The molecule has 7 unspecified atom stereocenters. The highest BCUT2D eigenvalue weighted by atomic mass is 16.7. The molecule has 0 aliphatic carbocycles. The summed E-state index contributed by atoms with van der Waals surface area (Å²) in [6, 6.07) is -0.830. The molecule has 9 nitrogen and oxygen atoms in total. The van der Waals surface area contributed by atoms with E-state index < -0.39 is 49.5 Å². The standard InChI is InChI=1S/C71H125NO8/c1-3-5-7-9-11-13-15-17-19-21-23-25-27-29-31-32-33-34-35-37-39-41-43-45-47-49-51-53-55-57-59-61-67(75)72-64(63-79-71-70(78)69(77)68(76)66(62-73)80-71)65(74)60-58-56-54-52-50-48-46-44-42-40-38-36-30-28-26-24-22-20-18-16-14-12-10-8-6-4-2/h5,7,11,13,17,19,23,25,29,31,33-34,50,52,58,60,64-66,68-71,73-74,76-78H,3-4,6,8-10,12,14-16,18,20-22,24,26-28,30,32,35-49,51,53-57,59,61-63H2,1-2H3,(H,72,75)/b7-5-,13-11-,19-17-,25-23-,31-29-,34-33-,52-50+,60-58+. The van der Waals surface area contributed by atoms with Gasteiger partial charge in [-0.1, -0.05) is 297 Å². The lowest BCUT2D eigenvalue weighted by atomic mass is 9.99. The van der Waals surface area contributed by atoms with Crippen LogP contribution >= 0.6 is 0 Å². The number of carbonyl (C=O) groups excluding carboxylic acids is 1. The Labute approximate surface area is 492 Å². The van der Waals surface area contributed by atoms with Gasteiger partial charge in [0, 0.05) is 6.42 Å². The highest BCUT2D eigenvalue weighted by Gasteiger charge is 2.44. The molecule has 0 aromatic carbocycles. The Kier molecular flexibility index (Phi) is 55.7. The SMILES string of the molecule is CC/C=C\C/C=C\C/C=C\C/C=C\C/C=C\C/C=C\CCCCCCCCCCCCCCC(=O)NC(COC1OC(CO)C(O)C(O)C1O)C(O)/C=C/CC/C=C/CCCCCCCCCCCCCCCCCCCCCC. The Hall–Kier alpha value is -2.89. The monoisotopic (exact) mass is 1120 g/mol. The van der Waals surface area contributed by atoms with Crippen LogP contribution < -0.4 is 5.32 Å². The molecule has 0 bridgehead atoms. The second-order valence-corrected chi connectivity index (χ2v) is 22.9. The van der Waals surface area contributed by atoms with E-state index in [2.05, 4.69) is 104 Å². The van der Waals surface area contributed by atoms with Gasteiger partial charge in [-0.2, -0.15) is 0 Å². The van der Waals surface area contributed by atoms with Crippen molar-refractivity contribution in [3.05, 3.63) is 97.2 Å². The molecule has 1 amide bonds. The van der Waals surface area contributed by atoms with Crippen molar-refractivity contribution in [1.82, 2.24) is 5.32 Å². The summed E-state index contributed by atoms with van der Waals surface area (Å²) in [6.45, 7) is 3.67. The van der Waals surface area contributed by atoms with Crippen molar-refractivity contribution < 1.29 is 39.8 Å². The van der Waals surface area contributed by atoms with Gasteiger partial charge in [0.25, 0.3) is 0 Å². The van der Waals surface area contributed by atoms with Crippen LogP contribution in [0.3, 0.4) is 0 Å². The third kappa shape index (κ3) is 47.6. The van der Waals surface area contributed by atoms with Gasteiger partial charge >= 0.3 is 0 Å². The number of ether oxygens (including phenoxy) is 2. The summed E-state index contributed by atoms with van der Waals surface area (Å²) in [5, 5.41) is 54.7. The Bertz CT molecular complexity index is 1580. The second-order valence-electron chi connectivity index (χ2n) is 22.9. The quantitative estimate of drug-likeness (QED) is 0.0261. The molecule has 0 aromatic rings. The zero-order valence-corrected chi connectivity index (χ0v) is 51.6. The fourth-order valence-electron chi connectivity index (χ4n) is 10.2. The smallest absolute Gasteiger partial charge is 0.220 e. The highest BCUT2D eigenvalue weighted by molar-refractivity contribution is 5.76. The zero-order valence-electron chi connectivity index (χ0n) is 51.6. The van der Waals surface area contributed by atoms with Crippen LogP contribution in [0.5, 0.6) is 0 Å². The normalized spacial score (nSPS) is 19.1. The number of hydrogen-bond acceptors (Lipinski definition) is 8. The van der Waals surface area contributed by atoms with E-state index in [-0.39, 0.29) is 12.5 Å². The molecule has 9 heteroatoms. The summed E-state index contributed by atoms with van der Waals surface area (Å²) in [4.78, 5) is 13.1. The average molecular weight is 1120 g/mol. The molecular weight excluding hydrogens is 995 g/mol. The third-order valence-electron chi connectivity index (χ3n) is 15.4. The molecule has 0 spiro atoms. The number of nitrogens with one attached hydrogen (secondary N) is 1. The van der Waals surface area contributed by atoms with Crippen LogP contribution in [0.4, 0.5) is 0 Å². The molecule has 1 aliphatic heterocycles. The fourth-order valence-corrected chi connectivity index (χ4v) is 10.2. The first-order chi connectivity index (χ1) is 39.3. The molecule has 1 fully saturated rings. The van der Waals surface area contributed by atoms with Gasteiger partial charge in [0.1, 0.15) is 24.4 Å². The molecular formula is C71H125NO8.